The molecule has 3 aromatic rings. The summed E-state index contributed by atoms with van der Waals surface area (Å²) in [5.74, 6) is 1.25. The van der Waals surface area contributed by atoms with Gasteiger partial charge < -0.3 is 10.2 Å². The van der Waals surface area contributed by atoms with E-state index in [1.165, 1.54) is 0 Å². The molecule has 160 valence electrons. The molecule has 3 rings (SSSR count). The summed E-state index contributed by atoms with van der Waals surface area (Å²) in [6.07, 6.45) is 1.86. The van der Waals surface area contributed by atoms with Crippen molar-refractivity contribution in [2.75, 3.05) is 0 Å². The van der Waals surface area contributed by atoms with Crippen LogP contribution >= 0.6 is 0 Å². The van der Waals surface area contributed by atoms with E-state index in [9.17, 15) is 4.79 Å². The highest BCUT2D eigenvalue weighted by Crippen LogP contribution is 2.30. The fraction of sp³-hybridized carbons (Fsp3) is 0.222. The Balaban J connectivity index is 1.55. The van der Waals surface area contributed by atoms with Gasteiger partial charge in [-0.25, -0.2) is 0 Å². The van der Waals surface area contributed by atoms with E-state index in [-0.39, 0.29) is 5.91 Å². The predicted molar refractivity (Wildman–Crippen MR) is 126 cm³/mol. The third-order valence-corrected chi connectivity index (χ3v) is 4.96. The van der Waals surface area contributed by atoms with Gasteiger partial charge in [0.1, 0.15) is 12.4 Å². The first kappa shape index (κ1) is 22.2. The van der Waals surface area contributed by atoms with Crippen LogP contribution in [-0.4, -0.2) is 5.91 Å². The molecule has 1 amide bonds. The zero-order chi connectivity index (χ0) is 22.1. The SMILES string of the molecule is C=C(CCC(C)C)NNC(=O)c1ccc(COc2ccccc2-c2ccccc2)cc1. The molecule has 0 radical (unpaired) electrons. The third-order valence-electron chi connectivity index (χ3n) is 4.96. The largest absolute Gasteiger partial charge is 0.488 e. The van der Waals surface area contributed by atoms with Gasteiger partial charge >= 0.3 is 0 Å². The van der Waals surface area contributed by atoms with Crippen LogP contribution in [0.3, 0.4) is 0 Å². The molecule has 31 heavy (non-hydrogen) atoms. The van der Waals surface area contributed by atoms with E-state index in [0.29, 0.717) is 18.1 Å². The molecular weight excluding hydrogens is 384 g/mol. The Morgan fingerprint density at radius 1 is 0.903 bits per heavy atom. The number of nitrogens with one attached hydrogen (secondary N) is 2. The minimum Gasteiger partial charge on any atom is -0.488 e. The van der Waals surface area contributed by atoms with Crippen molar-refractivity contribution in [2.24, 2.45) is 5.92 Å². The van der Waals surface area contributed by atoms with Gasteiger partial charge in [0.05, 0.1) is 0 Å². The maximum absolute atomic E-state index is 12.3. The number of allylic oxidation sites excluding steroid dienone is 1. The Bertz CT molecular complexity index is 995. The minimum atomic E-state index is -0.187. The smallest absolute Gasteiger partial charge is 0.269 e. The molecule has 0 aliphatic carbocycles. The maximum atomic E-state index is 12.3. The van der Waals surface area contributed by atoms with E-state index in [1.807, 2.05) is 48.5 Å². The van der Waals surface area contributed by atoms with Crippen LogP contribution in [0.4, 0.5) is 0 Å². The van der Waals surface area contributed by atoms with Gasteiger partial charge in [-0.1, -0.05) is 81.1 Å². The van der Waals surface area contributed by atoms with Crippen LogP contribution in [0, 0.1) is 5.92 Å². The summed E-state index contributed by atoms with van der Waals surface area (Å²) in [5.41, 5.74) is 10.2. The van der Waals surface area contributed by atoms with Crippen LogP contribution in [0.5, 0.6) is 5.75 Å². The highest BCUT2D eigenvalue weighted by atomic mass is 16.5. The van der Waals surface area contributed by atoms with Crippen molar-refractivity contribution in [3.8, 4) is 16.9 Å². The molecule has 0 atom stereocenters. The molecule has 0 bridgehead atoms. The van der Waals surface area contributed by atoms with E-state index < -0.39 is 0 Å². The molecule has 0 spiro atoms. The first-order chi connectivity index (χ1) is 15.0. The van der Waals surface area contributed by atoms with E-state index in [1.54, 1.807) is 12.1 Å². The maximum Gasteiger partial charge on any atom is 0.269 e. The van der Waals surface area contributed by atoms with Crippen LogP contribution < -0.4 is 15.6 Å². The molecule has 0 aliphatic heterocycles. The molecule has 0 unspecified atom stereocenters. The normalized spacial score (nSPS) is 10.5. The lowest BCUT2D eigenvalue weighted by Crippen LogP contribution is -2.36. The second-order valence-corrected chi connectivity index (χ2v) is 7.96. The fourth-order valence-electron chi connectivity index (χ4n) is 3.10. The zero-order valence-corrected chi connectivity index (χ0v) is 18.2. The quantitative estimate of drug-likeness (QED) is 0.393. The number of carbonyl (C=O) groups excluding carboxylic acids is 1. The lowest BCUT2D eigenvalue weighted by molar-refractivity contribution is 0.0938. The summed E-state index contributed by atoms with van der Waals surface area (Å²) >= 11 is 0. The fourth-order valence-corrected chi connectivity index (χ4v) is 3.10. The second kappa shape index (κ2) is 11.0. The molecule has 2 N–H and O–H groups in total. The average Bonchev–Trinajstić information content (AvgIpc) is 2.81. The minimum absolute atomic E-state index is 0.187. The van der Waals surface area contributed by atoms with Crippen molar-refractivity contribution in [2.45, 2.75) is 33.3 Å². The van der Waals surface area contributed by atoms with E-state index in [4.69, 9.17) is 4.74 Å². The summed E-state index contributed by atoms with van der Waals surface area (Å²) in [5, 5.41) is 0. The van der Waals surface area contributed by atoms with Gasteiger partial charge in [0.25, 0.3) is 5.91 Å². The van der Waals surface area contributed by atoms with Crippen LogP contribution in [0.1, 0.15) is 42.6 Å². The van der Waals surface area contributed by atoms with Gasteiger partial charge in [-0.2, -0.15) is 0 Å². The zero-order valence-electron chi connectivity index (χ0n) is 18.2. The molecule has 0 saturated heterocycles. The first-order valence-electron chi connectivity index (χ1n) is 10.6. The molecule has 0 saturated carbocycles. The molecule has 0 aromatic heterocycles. The summed E-state index contributed by atoms with van der Waals surface area (Å²) < 4.78 is 6.08. The Hall–Kier alpha value is -3.53. The topological polar surface area (TPSA) is 50.4 Å². The van der Waals surface area contributed by atoms with Crippen molar-refractivity contribution in [3.05, 3.63) is 102 Å². The number of hydrogen-bond donors (Lipinski definition) is 2. The standard InChI is InChI=1S/C27H30N2O2/c1-20(2)13-14-21(3)28-29-27(30)24-17-15-22(16-18-24)19-31-26-12-8-7-11-25(26)23-9-5-4-6-10-23/h4-12,15-18,20,28H,3,13-14,19H2,1-2H3,(H,29,30). The number of ether oxygens (including phenoxy) is 1. The highest BCUT2D eigenvalue weighted by molar-refractivity contribution is 5.93. The number of para-hydroxylation sites is 1. The van der Waals surface area contributed by atoms with E-state index in [0.717, 1.165) is 41.0 Å². The highest BCUT2D eigenvalue weighted by Gasteiger charge is 2.08. The van der Waals surface area contributed by atoms with Crippen LogP contribution in [-0.2, 0) is 6.61 Å². The van der Waals surface area contributed by atoms with Crippen molar-refractivity contribution in [1.82, 2.24) is 10.9 Å². The number of rotatable bonds is 10. The van der Waals surface area contributed by atoms with Gasteiger partial charge in [-0.05, 0) is 48.1 Å². The van der Waals surface area contributed by atoms with Gasteiger partial charge in [-0.15, -0.1) is 0 Å². The molecular formula is C27H30N2O2. The van der Waals surface area contributed by atoms with Crippen LogP contribution in [0.25, 0.3) is 11.1 Å². The van der Waals surface area contributed by atoms with Gasteiger partial charge in [0.15, 0.2) is 0 Å². The van der Waals surface area contributed by atoms with E-state index in [2.05, 4.69) is 49.5 Å². The van der Waals surface area contributed by atoms with Gasteiger partial charge in [0.2, 0.25) is 0 Å². The molecule has 4 nitrogen and oxygen atoms in total. The number of hydrogen-bond acceptors (Lipinski definition) is 3. The van der Waals surface area contributed by atoms with Gasteiger partial charge in [0, 0.05) is 16.8 Å². The van der Waals surface area contributed by atoms with Crippen molar-refractivity contribution < 1.29 is 9.53 Å². The lowest BCUT2D eigenvalue weighted by atomic mass is 10.0. The summed E-state index contributed by atoms with van der Waals surface area (Å²) in [6.45, 7) is 8.70. The Morgan fingerprint density at radius 3 is 2.29 bits per heavy atom. The van der Waals surface area contributed by atoms with Crippen molar-refractivity contribution in [3.63, 3.8) is 0 Å². The lowest BCUT2D eigenvalue weighted by Gasteiger charge is -2.13. The summed E-state index contributed by atoms with van der Waals surface area (Å²) in [4.78, 5) is 12.3. The molecule has 4 heteroatoms. The Kier molecular flexibility index (Phi) is 7.88. The first-order valence-corrected chi connectivity index (χ1v) is 10.6. The molecule has 3 aromatic carbocycles. The predicted octanol–water partition coefficient (Wildman–Crippen LogP) is 6.12. The van der Waals surface area contributed by atoms with Crippen molar-refractivity contribution in [1.29, 1.82) is 0 Å². The molecule has 0 fully saturated rings. The van der Waals surface area contributed by atoms with E-state index >= 15 is 0 Å². The summed E-state index contributed by atoms with van der Waals surface area (Å²) in [6, 6.07) is 25.6. The van der Waals surface area contributed by atoms with Crippen LogP contribution in [0.2, 0.25) is 0 Å². The molecule has 0 heterocycles. The number of carbonyl (C=O) groups is 1. The number of benzene rings is 3. The Morgan fingerprint density at radius 2 is 1.58 bits per heavy atom. The molecule has 0 aliphatic rings. The third kappa shape index (κ3) is 6.75. The van der Waals surface area contributed by atoms with Crippen molar-refractivity contribution >= 4 is 5.91 Å². The monoisotopic (exact) mass is 414 g/mol. The average molecular weight is 415 g/mol. The number of hydrazine groups is 1. The summed E-state index contributed by atoms with van der Waals surface area (Å²) in [7, 11) is 0. The van der Waals surface area contributed by atoms with Gasteiger partial charge in [-0.3, -0.25) is 10.2 Å². The second-order valence-electron chi connectivity index (χ2n) is 7.96. The van der Waals surface area contributed by atoms with Crippen LogP contribution in [0.15, 0.2) is 91.1 Å². The number of amides is 1. The Labute approximate surface area is 184 Å².